The number of nitrogens with two attached hydrogens (primary N) is 1. The molecule has 0 amide bonds. The molecule has 0 saturated carbocycles. The number of rotatable bonds is 2. The number of aromatic nitrogens is 5. The maximum atomic E-state index is 5.79. The van der Waals surface area contributed by atoms with Crippen LogP contribution in [-0.2, 0) is 0 Å². The lowest BCUT2D eigenvalue weighted by atomic mass is 10.5. The van der Waals surface area contributed by atoms with Crippen molar-refractivity contribution in [3.8, 4) is 0 Å². The Kier molecular flexibility index (Phi) is 2.77. The zero-order chi connectivity index (χ0) is 12.5. The molecule has 0 unspecified atom stereocenters. The van der Waals surface area contributed by atoms with Gasteiger partial charge in [-0.15, -0.1) is 10.2 Å². The molecule has 0 spiro atoms. The lowest BCUT2D eigenvalue weighted by molar-refractivity contribution is 0.915. The molecule has 3 aromatic heterocycles. The molecule has 3 heterocycles. The second-order valence-electron chi connectivity index (χ2n) is 3.41. The molecule has 0 aromatic carbocycles. The lowest BCUT2D eigenvalue weighted by Crippen LogP contribution is -1.95. The Hall–Kier alpha value is -1.86. The van der Waals surface area contributed by atoms with Crippen LogP contribution in [0.1, 0.15) is 0 Å². The third-order valence-electron chi connectivity index (χ3n) is 2.22. The summed E-state index contributed by atoms with van der Waals surface area (Å²) in [4.78, 5) is 7.87. The van der Waals surface area contributed by atoms with E-state index in [0.29, 0.717) is 15.9 Å². The fourth-order valence-corrected chi connectivity index (χ4v) is 2.41. The molecule has 0 fully saturated rings. The molecule has 90 valence electrons. The van der Waals surface area contributed by atoms with E-state index in [-0.39, 0.29) is 5.28 Å². The summed E-state index contributed by atoms with van der Waals surface area (Å²) in [6.07, 6.45) is 3.34. The number of nitrogens with zero attached hydrogens (tertiary/aromatic N) is 5. The van der Waals surface area contributed by atoms with Gasteiger partial charge in [-0.1, -0.05) is 6.07 Å². The second kappa shape index (κ2) is 4.43. The number of hydrogen-bond donors (Lipinski definition) is 1. The van der Waals surface area contributed by atoms with Gasteiger partial charge in [0.05, 0.1) is 11.9 Å². The van der Waals surface area contributed by atoms with Gasteiger partial charge in [-0.3, -0.25) is 4.40 Å². The van der Waals surface area contributed by atoms with E-state index in [0.717, 1.165) is 5.65 Å². The Labute approximate surface area is 111 Å². The van der Waals surface area contributed by atoms with Gasteiger partial charge in [0.25, 0.3) is 0 Å². The average molecular weight is 279 g/mol. The van der Waals surface area contributed by atoms with Crippen molar-refractivity contribution in [2.75, 3.05) is 5.73 Å². The highest BCUT2D eigenvalue weighted by Gasteiger charge is 2.11. The Morgan fingerprint density at radius 1 is 1.28 bits per heavy atom. The van der Waals surface area contributed by atoms with E-state index in [1.165, 1.54) is 18.0 Å². The number of pyridine rings is 1. The Morgan fingerprint density at radius 2 is 2.17 bits per heavy atom. The van der Waals surface area contributed by atoms with Crippen LogP contribution in [0.5, 0.6) is 0 Å². The fourth-order valence-electron chi connectivity index (χ4n) is 1.41. The molecule has 18 heavy (non-hydrogen) atoms. The van der Waals surface area contributed by atoms with Crippen molar-refractivity contribution < 1.29 is 0 Å². The molecule has 0 saturated heterocycles. The van der Waals surface area contributed by atoms with Crippen molar-refractivity contribution in [3.05, 3.63) is 35.9 Å². The molecule has 6 nitrogen and oxygen atoms in total. The van der Waals surface area contributed by atoms with E-state index in [4.69, 9.17) is 17.3 Å². The minimum Gasteiger partial charge on any atom is -0.395 e. The first-order chi connectivity index (χ1) is 8.74. The predicted molar refractivity (Wildman–Crippen MR) is 68.6 cm³/mol. The quantitative estimate of drug-likeness (QED) is 0.569. The number of anilines is 1. The molecule has 0 aliphatic carbocycles. The van der Waals surface area contributed by atoms with E-state index in [1.807, 2.05) is 28.8 Å². The van der Waals surface area contributed by atoms with Crippen LogP contribution < -0.4 is 5.73 Å². The molecule has 2 N–H and O–H groups in total. The highest BCUT2D eigenvalue weighted by atomic mass is 35.5. The first kappa shape index (κ1) is 11.2. The van der Waals surface area contributed by atoms with E-state index in [1.54, 1.807) is 0 Å². The number of halogens is 1. The fraction of sp³-hybridized carbons (Fsp3) is 0. The number of hydrogen-bond acceptors (Lipinski definition) is 6. The van der Waals surface area contributed by atoms with Crippen LogP contribution in [0.4, 0.5) is 5.69 Å². The molecule has 0 radical (unpaired) electrons. The van der Waals surface area contributed by atoms with Gasteiger partial charge in [-0.2, -0.15) is 0 Å². The first-order valence-electron chi connectivity index (χ1n) is 4.99. The van der Waals surface area contributed by atoms with Crippen molar-refractivity contribution in [2.45, 2.75) is 10.2 Å². The van der Waals surface area contributed by atoms with Gasteiger partial charge in [0.1, 0.15) is 5.03 Å². The molecule has 0 aliphatic rings. The van der Waals surface area contributed by atoms with E-state index in [2.05, 4.69) is 20.2 Å². The van der Waals surface area contributed by atoms with Gasteiger partial charge < -0.3 is 5.73 Å². The van der Waals surface area contributed by atoms with Crippen molar-refractivity contribution in [2.24, 2.45) is 0 Å². The van der Waals surface area contributed by atoms with E-state index < -0.39 is 0 Å². The largest absolute Gasteiger partial charge is 0.395 e. The second-order valence-corrected chi connectivity index (χ2v) is 4.71. The summed E-state index contributed by atoms with van der Waals surface area (Å²) in [7, 11) is 0. The number of nitrogen functional groups attached to an aromatic ring is 1. The Balaban J connectivity index is 2.04. The molecule has 0 atom stereocenters. The van der Waals surface area contributed by atoms with Gasteiger partial charge in [0.2, 0.25) is 10.4 Å². The van der Waals surface area contributed by atoms with Crippen molar-refractivity contribution in [1.29, 1.82) is 0 Å². The van der Waals surface area contributed by atoms with Crippen LogP contribution in [-0.4, -0.2) is 24.6 Å². The van der Waals surface area contributed by atoms with Crippen LogP contribution in [0.15, 0.2) is 40.8 Å². The minimum absolute atomic E-state index is 0.153. The summed E-state index contributed by atoms with van der Waals surface area (Å²) in [6.45, 7) is 0. The monoisotopic (exact) mass is 278 g/mol. The van der Waals surface area contributed by atoms with Gasteiger partial charge in [0, 0.05) is 6.20 Å². The summed E-state index contributed by atoms with van der Waals surface area (Å²) >= 11 is 7.03. The normalized spacial score (nSPS) is 10.9. The zero-order valence-electron chi connectivity index (χ0n) is 8.99. The Bertz CT molecular complexity index is 712. The van der Waals surface area contributed by atoms with Crippen LogP contribution in [0.25, 0.3) is 5.65 Å². The third kappa shape index (κ3) is 1.98. The van der Waals surface area contributed by atoms with Gasteiger partial charge >= 0.3 is 0 Å². The van der Waals surface area contributed by atoms with Crippen LogP contribution in [0, 0.1) is 0 Å². The molecule has 3 rings (SSSR count). The molecule has 0 aliphatic heterocycles. The molecule has 0 bridgehead atoms. The summed E-state index contributed by atoms with van der Waals surface area (Å²) in [5, 5.41) is 9.51. The maximum Gasteiger partial charge on any atom is 0.223 e. The van der Waals surface area contributed by atoms with Crippen LogP contribution in [0.3, 0.4) is 0 Å². The van der Waals surface area contributed by atoms with E-state index >= 15 is 0 Å². The first-order valence-corrected chi connectivity index (χ1v) is 6.19. The predicted octanol–water partition coefficient (Wildman–Crippen LogP) is 1.91. The Morgan fingerprint density at radius 3 is 3.06 bits per heavy atom. The maximum absolute atomic E-state index is 5.79. The summed E-state index contributed by atoms with van der Waals surface area (Å²) in [6, 6.07) is 5.67. The smallest absolute Gasteiger partial charge is 0.223 e. The minimum atomic E-state index is 0.153. The summed E-state index contributed by atoms with van der Waals surface area (Å²) in [5.74, 6) is 0. The van der Waals surface area contributed by atoms with Gasteiger partial charge in [-0.05, 0) is 35.5 Å². The summed E-state index contributed by atoms with van der Waals surface area (Å²) < 4.78 is 1.85. The van der Waals surface area contributed by atoms with Crippen LogP contribution >= 0.6 is 23.4 Å². The van der Waals surface area contributed by atoms with Crippen molar-refractivity contribution in [3.63, 3.8) is 0 Å². The lowest BCUT2D eigenvalue weighted by Gasteiger charge is -2.02. The average Bonchev–Trinajstić information content (AvgIpc) is 2.78. The molecule has 3 aromatic rings. The molecular weight excluding hydrogens is 272 g/mol. The standard InChI is InChI=1S/C10H7ClN6S/c11-9-13-5-6(12)8(14-9)18-10-16-15-7-3-1-2-4-17(7)10/h1-5H,12H2. The number of fused-ring (bicyclic) bond motifs is 1. The van der Waals surface area contributed by atoms with Crippen LogP contribution in [0.2, 0.25) is 5.28 Å². The van der Waals surface area contributed by atoms with Crippen molar-refractivity contribution in [1.82, 2.24) is 24.6 Å². The van der Waals surface area contributed by atoms with Gasteiger partial charge in [-0.25, -0.2) is 9.97 Å². The zero-order valence-corrected chi connectivity index (χ0v) is 10.6. The third-order valence-corrected chi connectivity index (χ3v) is 3.38. The van der Waals surface area contributed by atoms with E-state index in [9.17, 15) is 0 Å². The van der Waals surface area contributed by atoms with Gasteiger partial charge in [0.15, 0.2) is 5.65 Å². The molecule has 8 heteroatoms. The SMILES string of the molecule is Nc1cnc(Cl)nc1Sc1nnc2ccccn12. The molecular formula is C10H7ClN6S. The highest BCUT2D eigenvalue weighted by Crippen LogP contribution is 2.29. The summed E-state index contributed by atoms with van der Waals surface area (Å²) in [5.41, 5.74) is 7.01. The highest BCUT2D eigenvalue weighted by molar-refractivity contribution is 7.99. The van der Waals surface area contributed by atoms with Crippen molar-refractivity contribution >= 4 is 34.7 Å². The topological polar surface area (TPSA) is 82.0 Å².